The van der Waals surface area contributed by atoms with Gasteiger partial charge in [-0.2, -0.15) is 0 Å². The summed E-state index contributed by atoms with van der Waals surface area (Å²) in [6.45, 7) is 0.806. The second kappa shape index (κ2) is 6.42. The number of nitrogens with zero attached hydrogens (tertiary/aromatic N) is 1. The van der Waals surface area contributed by atoms with Crippen molar-refractivity contribution in [1.29, 1.82) is 0 Å². The third-order valence-corrected chi connectivity index (χ3v) is 4.27. The molecule has 1 N–H and O–H groups in total. The Kier molecular flexibility index (Phi) is 4.12. The van der Waals surface area contributed by atoms with Crippen LogP contribution in [-0.2, 0) is 6.42 Å². The quantitative estimate of drug-likeness (QED) is 0.671. The second-order valence-electron chi connectivity index (χ2n) is 5.43. The zero-order chi connectivity index (χ0) is 16.5. The lowest BCUT2D eigenvalue weighted by atomic mass is 10.3. The van der Waals surface area contributed by atoms with Gasteiger partial charge in [-0.05, 0) is 24.6 Å². The van der Waals surface area contributed by atoms with Crippen LogP contribution in [0.2, 0.25) is 10.0 Å². The zero-order valence-electron chi connectivity index (χ0n) is 12.6. The molecule has 0 saturated heterocycles. The number of aromatic nitrogens is 2. The number of nitrogens with one attached hydrogen (secondary N) is 1. The maximum absolute atomic E-state index is 6.08. The Morgan fingerprint density at radius 2 is 1.96 bits per heavy atom. The number of hydrogen-bond donors (Lipinski definition) is 1. The van der Waals surface area contributed by atoms with Crippen LogP contribution < -0.4 is 14.2 Å². The van der Waals surface area contributed by atoms with E-state index in [0.717, 1.165) is 41.2 Å². The van der Waals surface area contributed by atoms with Gasteiger partial charge in [-0.1, -0.05) is 23.2 Å². The first kappa shape index (κ1) is 15.4. The average molecular weight is 365 g/mol. The summed E-state index contributed by atoms with van der Waals surface area (Å²) in [5.41, 5.74) is 1.81. The molecule has 2 heterocycles. The molecule has 0 radical (unpaired) electrons. The summed E-state index contributed by atoms with van der Waals surface area (Å²) in [5.74, 6) is 3.02. The fourth-order valence-electron chi connectivity index (χ4n) is 2.59. The Balaban J connectivity index is 1.37. The van der Waals surface area contributed by atoms with E-state index in [4.69, 9.17) is 37.4 Å². The number of fused-ring (bicyclic) bond motifs is 2. The minimum Gasteiger partial charge on any atom is -0.492 e. The largest absolute Gasteiger partial charge is 0.492 e. The topological polar surface area (TPSA) is 56.4 Å². The number of benzene rings is 2. The molecular formula is C17H14Cl2N2O3. The normalized spacial score (nSPS) is 12.8. The van der Waals surface area contributed by atoms with E-state index in [1.54, 1.807) is 18.2 Å². The molecule has 0 fully saturated rings. The number of rotatable bonds is 5. The Labute approximate surface area is 148 Å². The van der Waals surface area contributed by atoms with Crippen molar-refractivity contribution in [2.45, 2.75) is 12.8 Å². The van der Waals surface area contributed by atoms with E-state index in [9.17, 15) is 0 Å². The monoisotopic (exact) mass is 364 g/mol. The summed E-state index contributed by atoms with van der Waals surface area (Å²) in [6.07, 6.45) is 1.58. The van der Waals surface area contributed by atoms with Crippen LogP contribution in [0.15, 0.2) is 30.3 Å². The van der Waals surface area contributed by atoms with E-state index in [1.807, 2.05) is 12.1 Å². The Hall–Kier alpha value is -2.11. The zero-order valence-corrected chi connectivity index (χ0v) is 14.2. The summed E-state index contributed by atoms with van der Waals surface area (Å²) < 4.78 is 16.4. The SMILES string of the molecule is Clc1ccc(OCCCc2nc3cc4c(cc3[nH]2)OCO4)c(Cl)c1. The molecule has 0 spiro atoms. The molecule has 1 aliphatic heterocycles. The molecule has 0 amide bonds. The van der Waals surface area contributed by atoms with Gasteiger partial charge in [0.05, 0.1) is 22.7 Å². The molecule has 0 aliphatic carbocycles. The lowest BCUT2D eigenvalue weighted by Gasteiger charge is -2.07. The predicted molar refractivity (Wildman–Crippen MR) is 92.5 cm³/mol. The molecule has 5 nitrogen and oxygen atoms in total. The van der Waals surface area contributed by atoms with E-state index in [1.165, 1.54) is 0 Å². The maximum atomic E-state index is 6.08. The van der Waals surface area contributed by atoms with Crippen molar-refractivity contribution in [2.75, 3.05) is 13.4 Å². The Bertz CT molecular complexity index is 854. The first-order valence-corrected chi connectivity index (χ1v) is 8.31. The van der Waals surface area contributed by atoms with Gasteiger partial charge in [0.2, 0.25) is 6.79 Å². The average Bonchev–Trinajstić information content (AvgIpc) is 3.15. The smallest absolute Gasteiger partial charge is 0.231 e. The van der Waals surface area contributed by atoms with Crippen LogP contribution in [0.5, 0.6) is 17.2 Å². The summed E-state index contributed by atoms with van der Waals surface area (Å²) in [7, 11) is 0. The lowest BCUT2D eigenvalue weighted by Crippen LogP contribution is -2.00. The van der Waals surface area contributed by atoms with Crippen molar-refractivity contribution in [2.24, 2.45) is 0 Å². The van der Waals surface area contributed by atoms with Crippen LogP contribution >= 0.6 is 23.2 Å². The van der Waals surface area contributed by atoms with Crippen LogP contribution in [0.4, 0.5) is 0 Å². The van der Waals surface area contributed by atoms with Crippen LogP contribution in [-0.4, -0.2) is 23.4 Å². The number of hydrogen-bond acceptors (Lipinski definition) is 4. The number of halogens is 2. The molecular weight excluding hydrogens is 351 g/mol. The summed E-state index contributed by atoms with van der Waals surface area (Å²) in [6, 6.07) is 9.00. The van der Waals surface area contributed by atoms with Crippen molar-refractivity contribution in [3.8, 4) is 17.2 Å². The fourth-order valence-corrected chi connectivity index (χ4v) is 3.05. The standard InChI is InChI=1S/C17H14Cl2N2O3/c18-10-3-4-14(11(19)6-10)22-5-1-2-17-20-12-7-15-16(24-9-23-15)8-13(12)21-17/h3-4,6-8H,1-2,5,9H2,(H,20,21). The van der Waals surface area contributed by atoms with Crippen molar-refractivity contribution >= 4 is 34.2 Å². The van der Waals surface area contributed by atoms with Gasteiger partial charge in [0.1, 0.15) is 11.6 Å². The predicted octanol–water partition coefficient (Wildman–Crippen LogP) is 4.61. The molecule has 0 atom stereocenters. The highest BCUT2D eigenvalue weighted by Crippen LogP contribution is 2.35. The number of ether oxygens (including phenoxy) is 3. The molecule has 0 saturated carbocycles. The third-order valence-electron chi connectivity index (χ3n) is 3.73. The van der Waals surface area contributed by atoms with Crippen molar-refractivity contribution in [3.63, 3.8) is 0 Å². The molecule has 7 heteroatoms. The minimum atomic E-state index is 0.263. The van der Waals surface area contributed by atoms with E-state index in [0.29, 0.717) is 22.4 Å². The molecule has 3 aromatic rings. The van der Waals surface area contributed by atoms with E-state index >= 15 is 0 Å². The van der Waals surface area contributed by atoms with Gasteiger partial charge < -0.3 is 19.2 Å². The number of H-pyrrole nitrogens is 1. The first-order valence-electron chi connectivity index (χ1n) is 7.55. The van der Waals surface area contributed by atoms with Crippen LogP contribution in [0.3, 0.4) is 0 Å². The van der Waals surface area contributed by atoms with Crippen LogP contribution in [0.25, 0.3) is 11.0 Å². The van der Waals surface area contributed by atoms with Crippen LogP contribution in [0, 0.1) is 0 Å². The molecule has 0 bridgehead atoms. The molecule has 1 aliphatic rings. The Morgan fingerprint density at radius 3 is 2.79 bits per heavy atom. The molecule has 4 rings (SSSR count). The summed E-state index contributed by atoms with van der Waals surface area (Å²) in [5, 5.41) is 1.11. The molecule has 2 aromatic carbocycles. The summed E-state index contributed by atoms with van der Waals surface area (Å²) >= 11 is 11.9. The van der Waals surface area contributed by atoms with Gasteiger partial charge >= 0.3 is 0 Å². The summed E-state index contributed by atoms with van der Waals surface area (Å²) in [4.78, 5) is 7.87. The number of aryl methyl sites for hydroxylation is 1. The van der Waals surface area contributed by atoms with Gasteiger partial charge in [-0.15, -0.1) is 0 Å². The highest BCUT2D eigenvalue weighted by Gasteiger charge is 2.16. The van der Waals surface area contributed by atoms with Crippen molar-refractivity contribution in [1.82, 2.24) is 9.97 Å². The Morgan fingerprint density at radius 1 is 1.12 bits per heavy atom. The lowest BCUT2D eigenvalue weighted by molar-refractivity contribution is 0.174. The van der Waals surface area contributed by atoms with Crippen LogP contribution in [0.1, 0.15) is 12.2 Å². The maximum Gasteiger partial charge on any atom is 0.231 e. The first-order chi connectivity index (χ1) is 11.7. The minimum absolute atomic E-state index is 0.263. The van der Waals surface area contributed by atoms with Crippen molar-refractivity contribution < 1.29 is 14.2 Å². The number of imidazole rings is 1. The third kappa shape index (κ3) is 3.09. The van der Waals surface area contributed by atoms with Gasteiger partial charge in [0.15, 0.2) is 11.5 Å². The molecule has 1 aromatic heterocycles. The van der Waals surface area contributed by atoms with Crippen molar-refractivity contribution in [3.05, 3.63) is 46.2 Å². The van der Waals surface area contributed by atoms with E-state index in [-0.39, 0.29) is 6.79 Å². The highest BCUT2D eigenvalue weighted by atomic mass is 35.5. The number of aromatic amines is 1. The van der Waals surface area contributed by atoms with Gasteiger partial charge in [0, 0.05) is 23.6 Å². The molecule has 0 unspecified atom stereocenters. The highest BCUT2D eigenvalue weighted by molar-refractivity contribution is 6.35. The van der Waals surface area contributed by atoms with E-state index in [2.05, 4.69) is 9.97 Å². The van der Waals surface area contributed by atoms with Gasteiger partial charge in [-0.25, -0.2) is 4.98 Å². The van der Waals surface area contributed by atoms with Gasteiger partial charge in [-0.3, -0.25) is 0 Å². The molecule has 24 heavy (non-hydrogen) atoms. The fraction of sp³-hybridized carbons (Fsp3) is 0.235. The second-order valence-corrected chi connectivity index (χ2v) is 6.28. The molecule has 124 valence electrons. The van der Waals surface area contributed by atoms with E-state index < -0.39 is 0 Å². The van der Waals surface area contributed by atoms with Gasteiger partial charge in [0.25, 0.3) is 0 Å².